The standard InChI is InChI=1S/C22H13F6N3O/c23-21(24,25)13-31(17-5-4-16(11-30)19(9-17)22(26,27)28)12-18-6-7-20(32-18)15-3-1-2-14(8-15)10-29/h1-9H,12-13H2. The lowest BCUT2D eigenvalue weighted by Crippen LogP contribution is -2.34. The third-order valence-corrected chi connectivity index (χ3v) is 4.45. The van der Waals surface area contributed by atoms with Gasteiger partial charge in [0.15, 0.2) is 0 Å². The predicted octanol–water partition coefficient (Wildman–Crippen LogP) is 6.28. The Morgan fingerprint density at radius 2 is 1.62 bits per heavy atom. The maximum Gasteiger partial charge on any atom is 0.417 e. The molecule has 1 heterocycles. The number of alkyl halides is 6. The normalized spacial score (nSPS) is 11.6. The van der Waals surface area contributed by atoms with E-state index >= 15 is 0 Å². The number of hydrogen-bond acceptors (Lipinski definition) is 4. The van der Waals surface area contributed by atoms with E-state index in [0.29, 0.717) is 27.9 Å². The van der Waals surface area contributed by atoms with Gasteiger partial charge in [-0.05, 0) is 42.5 Å². The molecular weight excluding hydrogens is 436 g/mol. The molecule has 0 radical (unpaired) electrons. The quantitative estimate of drug-likeness (QED) is 0.430. The lowest BCUT2D eigenvalue weighted by atomic mass is 10.1. The Kier molecular flexibility index (Phi) is 6.17. The average molecular weight is 449 g/mol. The molecule has 164 valence electrons. The molecule has 1 aromatic heterocycles. The fourth-order valence-electron chi connectivity index (χ4n) is 3.06. The van der Waals surface area contributed by atoms with Crippen LogP contribution in [-0.2, 0) is 12.7 Å². The van der Waals surface area contributed by atoms with Gasteiger partial charge in [0.05, 0.1) is 35.4 Å². The van der Waals surface area contributed by atoms with Crippen LogP contribution in [-0.4, -0.2) is 12.7 Å². The highest BCUT2D eigenvalue weighted by atomic mass is 19.4. The van der Waals surface area contributed by atoms with Crippen LogP contribution < -0.4 is 4.90 Å². The van der Waals surface area contributed by atoms with E-state index < -0.39 is 36.6 Å². The maximum absolute atomic E-state index is 13.3. The summed E-state index contributed by atoms with van der Waals surface area (Å²) < 4.78 is 84.8. The average Bonchev–Trinajstić information content (AvgIpc) is 3.20. The summed E-state index contributed by atoms with van der Waals surface area (Å²) >= 11 is 0. The molecule has 0 saturated carbocycles. The van der Waals surface area contributed by atoms with E-state index in [1.807, 2.05) is 6.07 Å². The molecule has 0 spiro atoms. The highest BCUT2D eigenvalue weighted by Gasteiger charge is 2.36. The number of nitrogens with zero attached hydrogens (tertiary/aromatic N) is 3. The molecule has 0 unspecified atom stereocenters. The first-order chi connectivity index (χ1) is 15.0. The van der Waals surface area contributed by atoms with E-state index in [0.717, 1.165) is 12.1 Å². The summed E-state index contributed by atoms with van der Waals surface area (Å²) in [5.41, 5.74) is -1.49. The van der Waals surface area contributed by atoms with Gasteiger partial charge in [0, 0.05) is 11.3 Å². The molecule has 32 heavy (non-hydrogen) atoms. The monoisotopic (exact) mass is 449 g/mol. The summed E-state index contributed by atoms with van der Waals surface area (Å²) in [5.74, 6) is 0.365. The summed E-state index contributed by atoms with van der Waals surface area (Å²) in [6.07, 6.45) is -9.61. The summed E-state index contributed by atoms with van der Waals surface area (Å²) in [6, 6.07) is 15.0. The summed E-state index contributed by atoms with van der Waals surface area (Å²) in [5, 5.41) is 17.9. The molecule has 2 aromatic carbocycles. The maximum atomic E-state index is 13.3. The van der Waals surface area contributed by atoms with Crippen molar-refractivity contribution in [2.75, 3.05) is 11.4 Å². The Bertz CT molecular complexity index is 1200. The lowest BCUT2D eigenvalue weighted by Gasteiger charge is -2.26. The zero-order chi connectivity index (χ0) is 23.5. The van der Waals surface area contributed by atoms with Gasteiger partial charge in [-0.25, -0.2) is 0 Å². The third kappa shape index (κ3) is 5.41. The first-order valence-corrected chi connectivity index (χ1v) is 9.02. The number of rotatable bonds is 5. The second-order valence-electron chi connectivity index (χ2n) is 6.77. The van der Waals surface area contributed by atoms with Gasteiger partial charge in [-0.3, -0.25) is 0 Å². The van der Waals surface area contributed by atoms with Crippen LogP contribution in [0.4, 0.5) is 32.0 Å². The van der Waals surface area contributed by atoms with Crippen molar-refractivity contribution in [1.82, 2.24) is 0 Å². The zero-order valence-corrected chi connectivity index (χ0v) is 16.1. The molecule has 0 saturated heterocycles. The molecular formula is C22H13F6N3O. The second kappa shape index (κ2) is 8.67. The topological polar surface area (TPSA) is 64.0 Å². The minimum atomic E-state index is -4.91. The van der Waals surface area contributed by atoms with Crippen LogP contribution in [0.25, 0.3) is 11.3 Å². The Labute approximate surface area is 178 Å². The summed E-state index contributed by atoms with van der Waals surface area (Å²) in [4.78, 5) is 0.685. The van der Waals surface area contributed by atoms with Gasteiger partial charge >= 0.3 is 12.4 Å². The van der Waals surface area contributed by atoms with E-state index in [2.05, 4.69) is 0 Å². The number of benzene rings is 2. The van der Waals surface area contributed by atoms with Gasteiger partial charge in [-0.1, -0.05) is 12.1 Å². The SMILES string of the molecule is N#Cc1cccc(-c2ccc(CN(CC(F)(F)F)c3ccc(C#N)c(C(F)(F)F)c3)o2)c1. The molecule has 3 rings (SSSR count). The highest BCUT2D eigenvalue weighted by Crippen LogP contribution is 2.36. The molecule has 0 bridgehead atoms. The Morgan fingerprint density at radius 3 is 2.25 bits per heavy atom. The van der Waals surface area contributed by atoms with Crippen LogP contribution in [0.15, 0.2) is 59.0 Å². The van der Waals surface area contributed by atoms with Gasteiger partial charge in [-0.15, -0.1) is 0 Å². The lowest BCUT2D eigenvalue weighted by molar-refractivity contribution is -0.137. The summed E-state index contributed by atoms with van der Waals surface area (Å²) in [7, 11) is 0. The largest absolute Gasteiger partial charge is 0.459 e. The van der Waals surface area contributed by atoms with Crippen molar-refractivity contribution in [3.8, 4) is 23.5 Å². The molecule has 0 aliphatic rings. The Morgan fingerprint density at radius 1 is 0.875 bits per heavy atom. The van der Waals surface area contributed by atoms with Gasteiger partial charge in [0.25, 0.3) is 0 Å². The molecule has 0 atom stereocenters. The molecule has 0 aliphatic carbocycles. The van der Waals surface area contributed by atoms with Crippen LogP contribution in [0.2, 0.25) is 0 Å². The third-order valence-electron chi connectivity index (χ3n) is 4.45. The molecule has 0 fully saturated rings. The van der Waals surface area contributed by atoms with Crippen molar-refractivity contribution in [2.45, 2.75) is 18.9 Å². The minimum absolute atomic E-state index is 0.0736. The molecule has 4 nitrogen and oxygen atoms in total. The van der Waals surface area contributed by atoms with Crippen LogP contribution in [0, 0.1) is 22.7 Å². The number of furan rings is 1. The van der Waals surface area contributed by atoms with E-state index in [1.165, 1.54) is 24.3 Å². The Balaban J connectivity index is 1.96. The van der Waals surface area contributed by atoms with Gasteiger partial charge in [0.2, 0.25) is 0 Å². The summed E-state index contributed by atoms with van der Waals surface area (Å²) in [6.45, 7) is -2.00. The molecule has 0 aliphatic heterocycles. The Hall–Kier alpha value is -3.92. The number of hydrogen-bond donors (Lipinski definition) is 0. The smallest absolute Gasteiger partial charge is 0.417 e. The molecule has 10 heteroatoms. The molecule has 0 N–H and O–H groups in total. The molecule has 3 aromatic rings. The molecule has 0 amide bonds. The van der Waals surface area contributed by atoms with Crippen molar-refractivity contribution in [2.24, 2.45) is 0 Å². The zero-order valence-electron chi connectivity index (χ0n) is 16.1. The van der Waals surface area contributed by atoms with Gasteiger partial charge < -0.3 is 9.32 Å². The van der Waals surface area contributed by atoms with Crippen molar-refractivity contribution < 1.29 is 30.8 Å². The fourth-order valence-corrected chi connectivity index (χ4v) is 3.06. The van der Waals surface area contributed by atoms with Crippen LogP contribution in [0.5, 0.6) is 0 Å². The first kappa shape index (κ1) is 22.8. The van der Waals surface area contributed by atoms with Crippen molar-refractivity contribution in [3.05, 3.63) is 77.0 Å². The van der Waals surface area contributed by atoms with E-state index in [4.69, 9.17) is 14.9 Å². The number of halogens is 6. The van der Waals surface area contributed by atoms with Crippen molar-refractivity contribution in [3.63, 3.8) is 0 Å². The number of anilines is 1. The fraction of sp³-hybridized carbons (Fsp3) is 0.182. The highest BCUT2D eigenvalue weighted by molar-refractivity contribution is 5.60. The van der Waals surface area contributed by atoms with Gasteiger partial charge in [0.1, 0.15) is 18.1 Å². The van der Waals surface area contributed by atoms with E-state index in [1.54, 1.807) is 18.2 Å². The number of nitriles is 2. The minimum Gasteiger partial charge on any atom is -0.459 e. The second-order valence-corrected chi connectivity index (χ2v) is 6.77. The van der Waals surface area contributed by atoms with Crippen LogP contribution >= 0.6 is 0 Å². The van der Waals surface area contributed by atoms with Crippen molar-refractivity contribution in [1.29, 1.82) is 10.5 Å². The van der Waals surface area contributed by atoms with Crippen molar-refractivity contribution >= 4 is 5.69 Å². The first-order valence-electron chi connectivity index (χ1n) is 9.02. The van der Waals surface area contributed by atoms with Gasteiger partial charge in [-0.2, -0.15) is 36.9 Å². The van der Waals surface area contributed by atoms with Crippen LogP contribution in [0.3, 0.4) is 0 Å². The van der Waals surface area contributed by atoms with E-state index in [9.17, 15) is 26.3 Å². The van der Waals surface area contributed by atoms with Crippen LogP contribution in [0.1, 0.15) is 22.5 Å². The predicted molar refractivity (Wildman–Crippen MR) is 102 cm³/mol. The van der Waals surface area contributed by atoms with E-state index in [-0.39, 0.29) is 11.4 Å².